The van der Waals surface area contributed by atoms with Crippen LogP contribution in [0.15, 0.2) is 5.11 Å². The molecule has 2 unspecified atom stereocenters. The summed E-state index contributed by atoms with van der Waals surface area (Å²) < 4.78 is 0. The first-order chi connectivity index (χ1) is 7.89. The van der Waals surface area contributed by atoms with Gasteiger partial charge in [-0.2, -0.15) is 0 Å². The lowest BCUT2D eigenvalue weighted by Crippen LogP contribution is -2.57. The number of amides is 1. The van der Waals surface area contributed by atoms with Crippen molar-refractivity contribution in [2.24, 2.45) is 27.3 Å². The van der Waals surface area contributed by atoms with Crippen molar-refractivity contribution in [3.8, 4) is 0 Å². The normalized spacial score (nSPS) is 51.1. The van der Waals surface area contributed by atoms with E-state index in [0.717, 1.165) is 19.3 Å². The molecule has 0 aliphatic heterocycles. The molecule has 4 rings (SSSR count). The highest BCUT2D eigenvalue weighted by atomic mass is 16.2. The minimum Gasteiger partial charge on any atom is -0.292 e. The Morgan fingerprint density at radius 1 is 1.18 bits per heavy atom. The van der Waals surface area contributed by atoms with Gasteiger partial charge in [0.15, 0.2) is 0 Å². The van der Waals surface area contributed by atoms with Crippen LogP contribution < -0.4 is 0 Å². The number of hydrogen-bond donors (Lipinski definition) is 0. The largest absolute Gasteiger partial charge is 0.292 e. The highest BCUT2D eigenvalue weighted by Crippen LogP contribution is 2.69. The summed E-state index contributed by atoms with van der Waals surface area (Å²) in [4.78, 5) is 14.9. The molecule has 4 fully saturated rings. The molecular weight excluding hydrogens is 214 g/mol. The van der Waals surface area contributed by atoms with Crippen LogP contribution in [0.1, 0.15) is 52.4 Å². The smallest absolute Gasteiger partial charge is 0.225 e. The standard InChI is InChI=1S/C13H19N3O/c1-11-3-9-4-12(2,6-11)8-13(5-9,7-11)10(17)15-16-14/h9H,3-8H2,1-2H3. The number of carbonyl (C=O) groups is 1. The Labute approximate surface area is 101 Å². The molecule has 4 saturated carbocycles. The van der Waals surface area contributed by atoms with Crippen molar-refractivity contribution in [1.82, 2.24) is 0 Å². The summed E-state index contributed by atoms with van der Waals surface area (Å²) in [6.45, 7) is 4.63. The minimum atomic E-state index is -0.324. The van der Waals surface area contributed by atoms with E-state index in [1.54, 1.807) is 0 Å². The molecule has 4 heteroatoms. The van der Waals surface area contributed by atoms with Gasteiger partial charge in [0.25, 0.3) is 0 Å². The van der Waals surface area contributed by atoms with E-state index in [2.05, 4.69) is 23.9 Å². The second-order valence-electron chi connectivity index (χ2n) is 7.40. The molecular formula is C13H19N3O. The number of azide groups is 1. The van der Waals surface area contributed by atoms with Crippen molar-refractivity contribution in [1.29, 1.82) is 0 Å². The van der Waals surface area contributed by atoms with Crippen LogP contribution in [0.25, 0.3) is 10.4 Å². The molecule has 4 aliphatic rings. The number of carbonyl (C=O) groups excluding carboxylic acids is 1. The van der Waals surface area contributed by atoms with Crippen LogP contribution in [0, 0.1) is 22.2 Å². The molecule has 4 nitrogen and oxygen atoms in total. The quantitative estimate of drug-likeness (QED) is 0.385. The van der Waals surface area contributed by atoms with Gasteiger partial charge in [0.2, 0.25) is 5.91 Å². The Morgan fingerprint density at radius 3 is 2.24 bits per heavy atom. The van der Waals surface area contributed by atoms with Gasteiger partial charge in [-0.3, -0.25) is 4.79 Å². The number of hydrogen-bond acceptors (Lipinski definition) is 1. The first-order valence-electron chi connectivity index (χ1n) is 6.48. The number of rotatable bonds is 1. The fourth-order valence-corrected chi connectivity index (χ4v) is 5.83. The highest BCUT2D eigenvalue weighted by Gasteiger charge is 2.62. The monoisotopic (exact) mass is 233 g/mol. The third-order valence-electron chi connectivity index (χ3n) is 5.22. The van der Waals surface area contributed by atoms with Gasteiger partial charge in [0, 0.05) is 10.3 Å². The van der Waals surface area contributed by atoms with Gasteiger partial charge in [-0.1, -0.05) is 13.8 Å². The molecule has 1 amide bonds. The molecule has 0 aromatic rings. The van der Waals surface area contributed by atoms with Gasteiger partial charge in [-0.25, -0.2) is 0 Å². The Balaban J connectivity index is 2.03. The van der Waals surface area contributed by atoms with Crippen LogP contribution in [0.2, 0.25) is 0 Å². The molecule has 0 saturated heterocycles. The van der Waals surface area contributed by atoms with Crippen LogP contribution in [0.3, 0.4) is 0 Å². The Bertz CT molecular complexity index is 420. The van der Waals surface area contributed by atoms with E-state index in [-0.39, 0.29) is 11.3 Å². The molecule has 2 atom stereocenters. The predicted molar refractivity (Wildman–Crippen MR) is 64.0 cm³/mol. The van der Waals surface area contributed by atoms with E-state index < -0.39 is 0 Å². The molecule has 17 heavy (non-hydrogen) atoms. The maximum absolute atomic E-state index is 12.2. The maximum Gasteiger partial charge on any atom is 0.225 e. The zero-order valence-corrected chi connectivity index (χ0v) is 10.6. The van der Waals surface area contributed by atoms with Crippen LogP contribution >= 0.6 is 0 Å². The summed E-state index contributed by atoms with van der Waals surface area (Å²) in [5.74, 6) is 0.473. The maximum atomic E-state index is 12.2. The Hall–Kier alpha value is -1.02. The van der Waals surface area contributed by atoms with Crippen LogP contribution in [-0.4, -0.2) is 5.91 Å². The van der Waals surface area contributed by atoms with Gasteiger partial charge in [-0.05, 0) is 65.9 Å². The molecule has 4 bridgehead atoms. The second kappa shape index (κ2) is 3.05. The molecule has 4 aliphatic carbocycles. The van der Waals surface area contributed by atoms with E-state index in [1.807, 2.05) is 0 Å². The summed E-state index contributed by atoms with van der Waals surface area (Å²) >= 11 is 0. The summed E-state index contributed by atoms with van der Waals surface area (Å²) in [5.41, 5.74) is 8.78. The SMILES string of the molecule is CC12CC3CC(C)(C1)CC(C(=O)N=[N+]=[N-])(C3)C2. The Morgan fingerprint density at radius 2 is 1.76 bits per heavy atom. The van der Waals surface area contributed by atoms with E-state index >= 15 is 0 Å². The van der Waals surface area contributed by atoms with Crippen LogP contribution in [0.5, 0.6) is 0 Å². The third kappa shape index (κ3) is 1.50. The Kier molecular flexibility index (Phi) is 1.99. The fourth-order valence-electron chi connectivity index (χ4n) is 5.83. The zero-order chi connectivity index (χ0) is 12.3. The number of nitrogens with zero attached hydrogens (tertiary/aromatic N) is 3. The van der Waals surface area contributed by atoms with E-state index in [4.69, 9.17) is 5.53 Å². The van der Waals surface area contributed by atoms with Crippen molar-refractivity contribution >= 4 is 5.91 Å². The second-order valence-corrected chi connectivity index (χ2v) is 7.40. The van der Waals surface area contributed by atoms with Crippen molar-refractivity contribution in [3.05, 3.63) is 10.4 Å². The van der Waals surface area contributed by atoms with Gasteiger partial charge in [0.05, 0.1) is 0 Å². The average Bonchev–Trinajstić information content (AvgIpc) is 2.11. The molecule has 92 valence electrons. The van der Waals surface area contributed by atoms with E-state index in [9.17, 15) is 4.79 Å². The minimum absolute atomic E-state index is 0.193. The van der Waals surface area contributed by atoms with Crippen LogP contribution in [0.4, 0.5) is 0 Å². The molecule has 0 spiro atoms. The molecule has 0 N–H and O–H groups in total. The zero-order valence-electron chi connectivity index (χ0n) is 10.6. The summed E-state index contributed by atoms with van der Waals surface area (Å²) in [6.07, 6.45) is 6.58. The molecule has 0 heterocycles. The highest BCUT2D eigenvalue weighted by molar-refractivity contribution is 5.84. The predicted octanol–water partition coefficient (Wildman–Crippen LogP) is 3.82. The lowest BCUT2D eigenvalue weighted by molar-refractivity contribution is -0.167. The topological polar surface area (TPSA) is 65.8 Å². The summed E-state index contributed by atoms with van der Waals surface area (Å²) in [7, 11) is 0. The van der Waals surface area contributed by atoms with Crippen LogP contribution in [-0.2, 0) is 4.79 Å². The van der Waals surface area contributed by atoms with Gasteiger partial charge >= 0.3 is 0 Å². The van der Waals surface area contributed by atoms with E-state index in [1.165, 1.54) is 19.3 Å². The lowest BCUT2D eigenvalue weighted by atomic mass is 9.40. The molecule has 0 radical (unpaired) electrons. The fraction of sp³-hybridized carbons (Fsp3) is 0.923. The molecule has 0 aromatic heterocycles. The van der Waals surface area contributed by atoms with Gasteiger partial charge in [0.1, 0.15) is 0 Å². The first-order valence-corrected chi connectivity index (χ1v) is 6.48. The third-order valence-corrected chi connectivity index (χ3v) is 5.22. The summed E-state index contributed by atoms with van der Waals surface area (Å²) in [5, 5.41) is 3.42. The average molecular weight is 233 g/mol. The van der Waals surface area contributed by atoms with E-state index in [0.29, 0.717) is 16.7 Å². The first kappa shape index (κ1) is 11.1. The van der Waals surface area contributed by atoms with Gasteiger partial charge in [-0.15, -0.1) is 0 Å². The van der Waals surface area contributed by atoms with Crippen molar-refractivity contribution in [2.75, 3.05) is 0 Å². The van der Waals surface area contributed by atoms with Gasteiger partial charge < -0.3 is 0 Å². The van der Waals surface area contributed by atoms with Crippen molar-refractivity contribution < 1.29 is 4.79 Å². The van der Waals surface area contributed by atoms with Crippen molar-refractivity contribution in [2.45, 2.75) is 52.4 Å². The lowest BCUT2D eigenvalue weighted by Gasteiger charge is -2.64. The molecule has 0 aromatic carbocycles. The summed E-state index contributed by atoms with van der Waals surface area (Å²) in [6, 6.07) is 0. The van der Waals surface area contributed by atoms with Crippen molar-refractivity contribution in [3.63, 3.8) is 0 Å².